The number of hydrogen-bond acceptors (Lipinski definition) is 4. The summed E-state index contributed by atoms with van der Waals surface area (Å²) in [5.41, 5.74) is 8.11. The molecular formula is C24H32N2O3. The minimum absolute atomic E-state index is 0.212. The Morgan fingerprint density at radius 1 is 1.10 bits per heavy atom. The molecule has 0 aliphatic heterocycles. The Morgan fingerprint density at radius 3 is 2.59 bits per heavy atom. The molecule has 0 saturated heterocycles. The summed E-state index contributed by atoms with van der Waals surface area (Å²) in [6.07, 6.45) is 6.40. The molecule has 3 rings (SSSR count). The lowest BCUT2D eigenvalue weighted by molar-refractivity contribution is -0.127. The fourth-order valence-electron chi connectivity index (χ4n) is 4.03. The Bertz CT molecular complexity index is 760. The number of nitrogens with one attached hydrogen (secondary N) is 1. The number of hydrogen-bond donors (Lipinski definition) is 2. The Morgan fingerprint density at radius 2 is 1.86 bits per heavy atom. The van der Waals surface area contributed by atoms with Crippen LogP contribution in [0.4, 0.5) is 5.69 Å². The quantitative estimate of drug-likeness (QED) is 0.654. The highest BCUT2D eigenvalue weighted by molar-refractivity contribution is 5.94. The molecule has 5 heteroatoms. The van der Waals surface area contributed by atoms with E-state index in [1.165, 1.54) is 32.1 Å². The number of carbonyl (C=O) groups excluding carboxylic acids is 1. The van der Waals surface area contributed by atoms with Gasteiger partial charge in [0.15, 0.2) is 6.10 Å². The molecule has 2 aromatic carbocycles. The first-order valence-electron chi connectivity index (χ1n) is 10.5. The van der Waals surface area contributed by atoms with Crippen LogP contribution in [0, 0.1) is 5.92 Å². The summed E-state index contributed by atoms with van der Waals surface area (Å²) in [6, 6.07) is 17.1. The summed E-state index contributed by atoms with van der Waals surface area (Å²) in [7, 11) is 1.55. The van der Waals surface area contributed by atoms with Gasteiger partial charge in [0.25, 0.3) is 5.91 Å². The second-order valence-corrected chi connectivity index (χ2v) is 7.85. The van der Waals surface area contributed by atoms with Gasteiger partial charge >= 0.3 is 0 Å². The van der Waals surface area contributed by atoms with Crippen LogP contribution in [0.2, 0.25) is 0 Å². The summed E-state index contributed by atoms with van der Waals surface area (Å²) in [4.78, 5) is 12.8. The zero-order valence-electron chi connectivity index (χ0n) is 17.2. The van der Waals surface area contributed by atoms with E-state index in [1.807, 2.05) is 54.6 Å². The van der Waals surface area contributed by atoms with Crippen molar-refractivity contribution in [3.63, 3.8) is 0 Å². The molecule has 1 aliphatic rings. The molecule has 2 aromatic rings. The van der Waals surface area contributed by atoms with Gasteiger partial charge in [-0.3, -0.25) is 4.79 Å². The van der Waals surface area contributed by atoms with Crippen LogP contribution in [0.25, 0.3) is 0 Å². The fourth-order valence-corrected chi connectivity index (χ4v) is 4.03. The standard InChI is InChI=1S/C24H32N2O3/c1-28-23(22(25)15-18-9-4-2-5-10-18)24(27)26-20-13-8-14-21(16-20)29-17-19-11-6-3-7-12-19/h3,6-8,11-14,16,18,22-23H,2,4-5,9-10,15,17,25H2,1H3,(H,26,27)/t22-,23?/m1/s1. The van der Waals surface area contributed by atoms with E-state index in [9.17, 15) is 4.79 Å². The number of amides is 1. The van der Waals surface area contributed by atoms with Gasteiger partial charge in [-0.2, -0.15) is 0 Å². The van der Waals surface area contributed by atoms with Gasteiger partial charge in [0, 0.05) is 24.9 Å². The fraction of sp³-hybridized carbons (Fsp3) is 0.458. The van der Waals surface area contributed by atoms with Crippen molar-refractivity contribution in [1.29, 1.82) is 0 Å². The summed E-state index contributed by atoms with van der Waals surface area (Å²) in [6.45, 7) is 0.477. The van der Waals surface area contributed by atoms with Crippen LogP contribution in [-0.2, 0) is 16.1 Å². The lowest BCUT2D eigenvalue weighted by Crippen LogP contribution is -2.45. The van der Waals surface area contributed by atoms with E-state index in [0.717, 1.165) is 12.0 Å². The van der Waals surface area contributed by atoms with Gasteiger partial charge in [0.1, 0.15) is 12.4 Å². The molecule has 1 amide bonds. The van der Waals surface area contributed by atoms with Gasteiger partial charge in [-0.25, -0.2) is 0 Å². The van der Waals surface area contributed by atoms with Crippen LogP contribution in [-0.4, -0.2) is 25.2 Å². The Hall–Kier alpha value is -2.37. The van der Waals surface area contributed by atoms with Crippen LogP contribution >= 0.6 is 0 Å². The van der Waals surface area contributed by atoms with Gasteiger partial charge in [-0.05, 0) is 30.0 Å². The normalized spacial score (nSPS) is 16.8. The average Bonchev–Trinajstić information content (AvgIpc) is 2.74. The van der Waals surface area contributed by atoms with Crippen LogP contribution in [0.15, 0.2) is 54.6 Å². The number of nitrogens with two attached hydrogens (primary N) is 1. The molecule has 29 heavy (non-hydrogen) atoms. The van der Waals surface area contributed by atoms with Gasteiger partial charge in [0.2, 0.25) is 0 Å². The lowest BCUT2D eigenvalue weighted by atomic mass is 9.84. The third kappa shape index (κ3) is 6.58. The zero-order valence-corrected chi connectivity index (χ0v) is 17.2. The number of rotatable bonds is 9. The highest BCUT2D eigenvalue weighted by Crippen LogP contribution is 2.28. The predicted octanol–water partition coefficient (Wildman–Crippen LogP) is 4.52. The Balaban J connectivity index is 1.55. The molecule has 2 atom stereocenters. The monoisotopic (exact) mass is 396 g/mol. The highest BCUT2D eigenvalue weighted by Gasteiger charge is 2.28. The third-order valence-corrected chi connectivity index (χ3v) is 5.58. The van der Waals surface area contributed by atoms with E-state index in [0.29, 0.717) is 24.0 Å². The molecule has 1 unspecified atom stereocenters. The maximum Gasteiger partial charge on any atom is 0.255 e. The number of carbonyl (C=O) groups is 1. The van der Waals surface area contributed by atoms with Crippen molar-refractivity contribution in [1.82, 2.24) is 0 Å². The first kappa shape index (κ1) is 21.3. The Labute approximate surface area is 173 Å². The van der Waals surface area contributed by atoms with Gasteiger partial charge in [0.05, 0.1) is 0 Å². The van der Waals surface area contributed by atoms with Crippen LogP contribution in [0.3, 0.4) is 0 Å². The second kappa shape index (κ2) is 11.0. The molecule has 0 spiro atoms. The lowest BCUT2D eigenvalue weighted by Gasteiger charge is -2.28. The number of ether oxygens (including phenoxy) is 2. The van der Waals surface area contributed by atoms with Gasteiger partial charge in [-0.15, -0.1) is 0 Å². The minimum atomic E-state index is -0.661. The molecule has 1 saturated carbocycles. The molecule has 0 bridgehead atoms. The molecule has 1 fully saturated rings. The van der Waals surface area contributed by atoms with Crippen molar-refractivity contribution < 1.29 is 14.3 Å². The summed E-state index contributed by atoms with van der Waals surface area (Å²) in [5, 5.41) is 2.93. The van der Waals surface area contributed by atoms with Gasteiger partial charge < -0.3 is 20.5 Å². The number of methoxy groups -OCH3 is 1. The molecule has 1 aliphatic carbocycles. The minimum Gasteiger partial charge on any atom is -0.489 e. The maximum atomic E-state index is 12.8. The van der Waals surface area contributed by atoms with E-state index in [-0.39, 0.29) is 11.9 Å². The van der Waals surface area contributed by atoms with Crippen molar-refractivity contribution in [2.75, 3.05) is 12.4 Å². The Kier molecular flexibility index (Phi) is 8.08. The summed E-state index contributed by atoms with van der Waals surface area (Å²) < 4.78 is 11.3. The van der Waals surface area contributed by atoms with Crippen LogP contribution in [0.5, 0.6) is 5.75 Å². The average molecular weight is 397 g/mol. The molecule has 0 aromatic heterocycles. The first-order chi connectivity index (χ1) is 14.2. The van der Waals surface area contributed by atoms with E-state index in [2.05, 4.69) is 5.32 Å². The van der Waals surface area contributed by atoms with Crippen molar-refractivity contribution in [3.8, 4) is 5.75 Å². The third-order valence-electron chi connectivity index (χ3n) is 5.58. The van der Waals surface area contributed by atoms with Gasteiger partial charge in [-0.1, -0.05) is 68.5 Å². The van der Waals surface area contributed by atoms with Crippen molar-refractivity contribution >= 4 is 11.6 Å². The zero-order chi connectivity index (χ0) is 20.5. The van der Waals surface area contributed by atoms with E-state index in [4.69, 9.17) is 15.2 Å². The number of benzene rings is 2. The SMILES string of the molecule is COC(C(=O)Nc1cccc(OCc2ccccc2)c1)[C@H](N)CC1CCCCC1. The van der Waals surface area contributed by atoms with Crippen LogP contribution in [0.1, 0.15) is 44.1 Å². The summed E-state index contributed by atoms with van der Waals surface area (Å²) in [5.74, 6) is 1.09. The topological polar surface area (TPSA) is 73.6 Å². The summed E-state index contributed by atoms with van der Waals surface area (Å²) >= 11 is 0. The van der Waals surface area contributed by atoms with Crippen molar-refractivity contribution in [2.45, 2.75) is 57.3 Å². The van der Waals surface area contributed by atoms with E-state index < -0.39 is 6.10 Å². The van der Waals surface area contributed by atoms with E-state index in [1.54, 1.807) is 7.11 Å². The molecular weight excluding hydrogens is 364 g/mol. The molecule has 0 radical (unpaired) electrons. The second-order valence-electron chi connectivity index (χ2n) is 7.85. The maximum absolute atomic E-state index is 12.8. The molecule has 3 N–H and O–H groups in total. The first-order valence-corrected chi connectivity index (χ1v) is 10.5. The molecule has 156 valence electrons. The predicted molar refractivity (Wildman–Crippen MR) is 116 cm³/mol. The number of anilines is 1. The van der Waals surface area contributed by atoms with Crippen LogP contribution < -0.4 is 15.8 Å². The molecule has 0 heterocycles. The van der Waals surface area contributed by atoms with Crippen molar-refractivity contribution in [2.24, 2.45) is 11.7 Å². The largest absolute Gasteiger partial charge is 0.489 e. The van der Waals surface area contributed by atoms with E-state index >= 15 is 0 Å². The highest BCUT2D eigenvalue weighted by atomic mass is 16.5. The molecule has 5 nitrogen and oxygen atoms in total. The smallest absolute Gasteiger partial charge is 0.255 e. The van der Waals surface area contributed by atoms with Crippen molar-refractivity contribution in [3.05, 3.63) is 60.2 Å².